The van der Waals surface area contributed by atoms with E-state index in [-0.39, 0.29) is 5.69 Å². The van der Waals surface area contributed by atoms with Crippen molar-refractivity contribution < 1.29 is 14.4 Å². The number of ether oxygens (including phenoxy) is 2. The van der Waals surface area contributed by atoms with Gasteiger partial charge in [0.1, 0.15) is 24.7 Å². The summed E-state index contributed by atoms with van der Waals surface area (Å²) in [6, 6.07) is 23.7. The van der Waals surface area contributed by atoms with Crippen LogP contribution in [0.2, 0.25) is 0 Å². The quantitative estimate of drug-likeness (QED) is 0.461. The van der Waals surface area contributed by atoms with E-state index in [1.165, 1.54) is 12.1 Å². The van der Waals surface area contributed by atoms with Crippen molar-refractivity contribution in [2.45, 2.75) is 13.2 Å². The molecule has 126 valence electrons. The minimum atomic E-state index is -0.439. The van der Waals surface area contributed by atoms with E-state index in [0.29, 0.717) is 19.0 Å². The molecule has 0 unspecified atom stereocenters. The molecule has 0 radical (unpaired) electrons. The molecule has 0 heterocycles. The highest BCUT2D eigenvalue weighted by Crippen LogP contribution is 2.21. The van der Waals surface area contributed by atoms with Gasteiger partial charge in [0, 0.05) is 6.07 Å². The van der Waals surface area contributed by atoms with Gasteiger partial charge in [0.05, 0.1) is 11.0 Å². The van der Waals surface area contributed by atoms with Crippen LogP contribution in [0.25, 0.3) is 0 Å². The molecule has 0 aliphatic heterocycles. The summed E-state index contributed by atoms with van der Waals surface area (Å²) in [5.74, 6) is 1.25. The van der Waals surface area contributed by atoms with Crippen LogP contribution in [0.4, 0.5) is 5.69 Å². The van der Waals surface area contributed by atoms with E-state index in [4.69, 9.17) is 9.47 Å². The number of rotatable bonds is 7. The zero-order valence-corrected chi connectivity index (χ0v) is 13.5. The Labute approximate surface area is 145 Å². The van der Waals surface area contributed by atoms with Gasteiger partial charge < -0.3 is 9.47 Å². The van der Waals surface area contributed by atoms with Crippen LogP contribution in [0.5, 0.6) is 11.5 Å². The number of nitro benzene ring substituents is 1. The maximum Gasteiger partial charge on any atom is 0.273 e. The molecule has 0 aliphatic carbocycles. The van der Waals surface area contributed by atoms with Crippen molar-refractivity contribution in [1.82, 2.24) is 0 Å². The number of nitrogens with zero attached hydrogens (tertiary/aromatic N) is 1. The zero-order valence-electron chi connectivity index (χ0n) is 13.5. The molecule has 0 bridgehead atoms. The zero-order chi connectivity index (χ0) is 17.5. The van der Waals surface area contributed by atoms with E-state index in [1.54, 1.807) is 12.1 Å². The summed E-state index contributed by atoms with van der Waals surface area (Å²) in [6.45, 7) is 0.852. The molecule has 0 saturated carbocycles. The molecule has 0 amide bonds. The molecule has 5 nitrogen and oxygen atoms in total. The van der Waals surface area contributed by atoms with Gasteiger partial charge in [-0.25, -0.2) is 0 Å². The molecule has 3 aromatic rings. The van der Waals surface area contributed by atoms with E-state index < -0.39 is 4.92 Å². The lowest BCUT2D eigenvalue weighted by Crippen LogP contribution is -1.98. The number of non-ortho nitro benzene ring substituents is 1. The Bertz CT molecular complexity index is 832. The number of hydrogen-bond acceptors (Lipinski definition) is 4. The first-order valence-electron chi connectivity index (χ1n) is 7.83. The molecular weight excluding hydrogens is 318 g/mol. The van der Waals surface area contributed by atoms with Crippen molar-refractivity contribution in [3.8, 4) is 11.5 Å². The van der Waals surface area contributed by atoms with Gasteiger partial charge in [0.15, 0.2) is 0 Å². The second-order valence-corrected chi connectivity index (χ2v) is 5.46. The van der Waals surface area contributed by atoms with Gasteiger partial charge in [0.25, 0.3) is 5.69 Å². The third kappa shape index (κ3) is 4.81. The SMILES string of the molecule is O=[N+]([O-])c1cccc(OCc2ccc(OCc3ccccc3)cc2)c1. The first-order chi connectivity index (χ1) is 12.2. The second kappa shape index (κ2) is 7.97. The number of nitro groups is 1. The summed E-state index contributed by atoms with van der Waals surface area (Å²) in [7, 11) is 0. The largest absolute Gasteiger partial charge is 0.489 e. The maximum absolute atomic E-state index is 10.8. The summed E-state index contributed by atoms with van der Waals surface area (Å²) >= 11 is 0. The molecule has 0 aromatic heterocycles. The minimum absolute atomic E-state index is 0.0159. The first-order valence-corrected chi connectivity index (χ1v) is 7.83. The standard InChI is InChI=1S/C20H17NO4/c22-21(23)18-7-4-8-20(13-18)25-15-17-9-11-19(12-10-17)24-14-16-5-2-1-3-6-16/h1-13H,14-15H2. The Morgan fingerprint density at radius 1 is 0.720 bits per heavy atom. The molecule has 0 atom stereocenters. The van der Waals surface area contributed by atoms with Crippen molar-refractivity contribution in [3.05, 3.63) is 100 Å². The van der Waals surface area contributed by atoms with Crippen molar-refractivity contribution in [3.63, 3.8) is 0 Å². The minimum Gasteiger partial charge on any atom is -0.489 e. The van der Waals surface area contributed by atoms with Gasteiger partial charge in [-0.15, -0.1) is 0 Å². The smallest absolute Gasteiger partial charge is 0.273 e. The Morgan fingerprint density at radius 3 is 2.04 bits per heavy atom. The lowest BCUT2D eigenvalue weighted by Gasteiger charge is -2.09. The molecule has 0 saturated heterocycles. The fraction of sp³-hybridized carbons (Fsp3) is 0.100. The molecule has 25 heavy (non-hydrogen) atoms. The molecule has 0 aliphatic rings. The third-order valence-electron chi connectivity index (χ3n) is 3.61. The molecule has 5 heteroatoms. The van der Waals surface area contributed by atoms with Crippen LogP contribution < -0.4 is 9.47 Å². The first kappa shape index (κ1) is 16.5. The second-order valence-electron chi connectivity index (χ2n) is 5.46. The topological polar surface area (TPSA) is 61.6 Å². The Hall–Kier alpha value is -3.34. The van der Waals surface area contributed by atoms with Gasteiger partial charge in [-0.1, -0.05) is 48.5 Å². The van der Waals surface area contributed by atoms with Crippen LogP contribution in [0, 0.1) is 10.1 Å². The fourth-order valence-corrected chi connectivity index (χ4v) is 2.28. The van der Waals surface area contributed by atoms with Crippen LogP contribution >= 0.6 is 0 Å². The molecule has 3 aromatic carbocycles. The van der Waals surface area contributed by atoms with Crippen LogP contribution in [0.1, 0.15) is 11.1 Å². The van der Waals surface area contributed by atoms with Crippen molar-refractivity contribution >= 4 is 5.69 Å². The summed E-state index contributed by atoms with van der Waals surface area (Å²) < 4.78 is 11.3. The van der Waals surface area contributed by atoms with Gasteiger partial charge >= 0.3 is 0 Å². The van der Waals surface area contributed by atoms with E-state index >= 15 is 0 Å². The third-order valence-corrected chi connectivity index (χ3v) is 3.61. The molecule has 3 rings (SSSR count). The molecule has 0 N–H and O–H groups in total. The number of benzene rings is 3. The molecular formula is C20H17NO4. The van der Waals surface area contributed by atoms with Crippen molar-refractivity contribution in [1.29, 1.82) is 0 Å². The lowest BCUT2D eigenvalue weighted by atomic mass is 10.2. The lowest BCUT2D eigenvalue weighted by molar-refractivity contribution is -0.384. The van der Waals surface area contributed by atoms with E-state index in [2.05, 4.69) is 0 Å². The van der Waals surface area contributed by atoms with Crippen LogP contribution in [0.15, 0.2) is 78.9 Å². The van der Waals surface area contributed by atoms with E-state index in [1.807, 2.05) is 54.6 Å². The summed E-state index contributed by atoms with van der Waals surface area (Å²) in [5.41, 5.74) is 2.08. The Kier molecular flexibility index (Phi) is 5.26. The van der Waals surface area contributed by atoms with Gasteiger partial charge in [0.2, 0.25) is 0 Å². The number of hydrogen-bond donors (Lipinski definition) is 0. The average Bonchev–Trinajstić information content (AvgIpc) is 2.66. The van der Waals surface area contributed by atoms with Gasteiger partial charge in [-0.2, -0.15) is 0 Å². The van der Waals surface area contributed by atoms with Crippen LogP contribution in [0.3, 0.4) is 0 Å². The highest BCUT2D eigenvalue weighted by Gasteiger charge is 2.06. The highest BCUT2D eigenvalue weighted by atomic mass is 16.6. The fourth-order valence-electron chi connectivity index (χ4n) is 2.28. The Morgan fingerprint density at radius 2 is 1.36 bits per heavy atom. The van der Waals surface area contributed by atoms with Crippen LogP contribution in [-0.4, -0.2) is 4.92 Å². The predicted molar refractivity (Wildman–Crippen MR) is 94.6 cm³/mol. The summed E-state index contributed by atoms with van der Waals surface area (Å²) in [5, 5.41) is 10.8. The molecule has 0 fully saturated rings. The van der Waals surface area contributed by atoms with Crippen LogP contribution in [-0.2, 0) is 13.2 Å². The van der Waals surface area contributed by atoms with Crippen molar-refractivity contribution in [2.24, 2.45) is 0 Å². The average molecular weight is 335 g/mol. The highest BCUT2D eigenvalue weighted by molar-refractivity contribution is 5.38. The molecule has 0 spiro atoms. The van der Waals surface area contributed by atoms with Gasteiger partial charge in [-0.05, 0) is 29.3 Å². The van der Waals surface area contributed by atoms with Crippen molar-refractivity contribution in [2.75, 3.05) is 0 Å². The normalized spacial score (nSPS) is 10.2. The van der Waals surface area contributed by atoms with Gasteiger partial charge in [-0.3, -0.25) is 10.1 Å². The maximum atomic E-state index is 10.8. The van der Waals surface area contributed by atoms with E-state index in [0.717, 1.165) is 16.9 Å². The Balaban J connectivity index is 1.54. The summed E-state index contributed by atoms with van der Waals surface area (Å²) in [6.07, 6.45) is 0. The predicted octanol–water partition coefficient (Wildman–Crippen LogP) is 4.75. The monoisotopic (exact) mass is 335 g/mol. The summed E-state index contributed by atoms with van der Waals surface area (Å²) in [4.78, 5) is 10.3. The van der Waals surface area contributed by atoms with E-state index in [9.17, 15) is 10.1 Å².